The van der Waals surface area contributed by atoms with E-state index in [1.54, 1.807) is 11.1 Å². The van der Waals surface area contributed by atoms with Crippen LogP contribution in [0.3, 0.4) is 0 Å². The first-order chi connectivity index (χ1) is 9.11. The monoisotopic (exact) mass is 294 g/mol. The molecule has 3 heteroatoms. The van der Waals surface area contributed by atoms with Crippen molar-refractivity contribution in [1.29, 1.82) is 0 Å². The van der Waals surface area contributed by atoms with Gasteiger partial charge in [0.15, 0.2) is 0 Å². The number of hydrogen-bond acceptors (Lipinski definition) is 2. The number of nitrogens with one attached hydrogen (secondary N) is 2. The van der Waals surface area contributed by atoms with Gasteiger partial charge in [-0.1, -0.05) is 37.6 Å². The largest absolute Gasteiger partial charge is 0.317 e. The van der Waals surface area contributed by atoms with Crippen molar-refractivity contribution in [2.24, 2.45) is 0 Å². The summed E-state index contributed by atoms with van der Waals surface area (Å²) in [6.45, 7) is 9.05. The van der Waals surface area contributed by atoms with Crippen molar-refractivity contribution in [3.05, 3.63) is 34.9 Å². The van der Waals surface area contributed by atoms with Crippen molar-refractivity contribution in [2.45, 2.75) is 57.5 Å². The average Bonchev–Trinajstić information content (AvgIpc) is 2.63. The Morgan fingerprint density at radius 2 is 1.95 bits per heavy atom. The van der Waals surface area contributed by atoms with E-state index in [1.807, 2.05) is 0 Å². The summed E-state index contributed by atoms with van der Waals surface area (Å²) in [5.41, 5.74) is 5.01. The smallest absolute Gasteiger partial charge is 0.0333 e. The molecule has 1 unspecified atom stereocenters. The first-order valence-corrected chi connectivity index (χ1v) is 7.68. The van der Waals surface area contributed by atoms with E-state index < -0.39 is 0 Å². The summed E-state index contributed by atoms with van der Waals surface area (Å²) in [6, 6.07) is 8.20. The first kappa shape index (κ1) is 15.8. The number of fused-ring (bicyclic) bond motifs is 2. The van der Waals surface area contributed by atoms with Crippen LogP contribution in [0.1, 0.15) is 55.8 Å². The van der Waals surface area contributed by atoms with Crippen molar-refractivity contribution >= 4 is 12.4 Å². The van der Waals surface area contributed by atoms with Crippen LogP contribution in [0.2, 0.25) is 0 Å². The number of piperidine rings is 1. The average molecular weight is 295 g/mol. The summed E-state index contributed by atoms with van der Waals surface area (Å²) >= 11 is 0. The predicted octanol–water partition coefficient (Wildman–Crippen LogP) is 3.48. The van der Waals surface area contributed by atoms with Crippen LogP contribution in [0.25, 0.3) is 0 Å². The molecule has 1 heterocycles. The minimum atomic E-state index is 0. The van der Waals surface area contributed by atoms with Gasteiger partial charge in [-0.25, -0.2) is 0 Å². The van der Waals surface area contributed by atoms with E-state index in [9.17, 15) is 0 Å². The maximum atomic E-state index is 3.78. The summed E-state index contributed by atoms with van der Waals surface area (Å²) in [5, 5.41) is 7.29. The maximum absolute atomic E-state index is 3.78. The normalized spacial score (nSPS) is 23.7. The highest BCUT2D eigenvalue weighted by molar-refractivity contribution is 5.85. The molecule has 2 N–H and O–H groups in total. The highest BCUT2D eigenvalue weighted by Gasteiger charge is 2.44. The molecule has 1 fully saturated rings. The zero-order valence-electron chi connectivity index (χ0n) is 12.8. The summed E-state index contributed by atoms with van der Waals surface area (Å²) in [7, 11) is 0. The van der Waals surface area contributed by atoms with Crippen LogP contribution in [-0.4, -0.2) is 19.1 Å². The lowest BCUT2D eigenvalue weighted by molar-refractivity contribution is 0.278. The standard InChI is InChI=1S/C17H26N2.ClH/c1-12(2)19-16-11-17(6-8-18-9-7-17)15-5-4-13(3)10-14(15)16;/h4-5,10,12,16,18-19H,6-9,11H2,1-3H3;1H. The SMILES string of the molecule is Cc1ccc2c(c1)C(NC(C)C)CC21CCNCC1.Cl. The van der Waals surface area contributed by atoms with E-state index in [0.717, 1.165) is 0 Å². The Balaban J connectivity index is 0.00000147. The van der Waals surface area contributed by atoms with Gasteiger partial charge in [0.05, 0.1) is 0 Å². The van der Waals surface area contributed by atoms with Gasteiger partial charge in [0.25, 0.3) is 0 Å². The van der Waals surface area contributed by atoms with Crippen molar-refractivity contribution in [1.82, 2.24) is 10.6 Å². The van der Waals surface area contributed by atoms with Gasteiger partial charge in [-0.05, 0) is 55.8 Å². The molecule has 0 amide bonds. The van der Waals surface area contributed by atoms with E-state index in [1.165, 1.54) is 37.9 Å². The second kappa shape index (κ2) is 6.05. The molecule has 0 saturated carbocycles. The quantitative estimate of drug-likeness (QED) is 0.873. The van der Waals surface area contributed by atoms with Gasteiger partial charge in [0.1, 0.15) is 0 Å². The van der Waals surface area contributed by atoms with Crippen molar-refractivity contribution in [3.63, 3.8) is 0 Å². The van der Waals surface area contributed by atoms with Gasteiger partial charge in [0, 0.05) is 12.1 Å². The van der Waals surface area contributed by atoms with Crippen LogP contribution >= 0.6 is 12.4 Å². The Labute approximate surface area is 129 Å². The molecule has 1 aliphatic heterocycles. The van der Waals surface area contributed by atoms with Crippen LogP contribution < -0.4 is 10.6 Å². The van der Waals surface area contributed by atoms with Crippen LogP contribution in [0.4, 0.5) is 0 Å². The molecule has 1 spiro atoms. The number of benzene rings is 1. The second-order valence-corrected chi connectivity index (χ2v) is 6.70. The Hall–Kier alpha value is -0.570. The molecule has 1 aliphatic carbocycles. The fourth-order valence-electron chi connectivity index (χ4n) is 3.99. The highest BCUT2D eigenvalue weighted by Crippen LogP contribution is 2.50. The molecule has 2 nitrogen and oxygen atoms in total. The molecule has 0 radical (unpaired) electrons. The van der Waals surface area contributed by atoms with Gasteiger partial charge >= 0.3 is 0 Å². The van der Waals surface area contributed by atoms with Crippen molar-refractivity contribution in [3.8, 4) is 0 Å². The summed E-state index contributed by atoms with van der Waals surface area (Å²) in [6.07, 6.45) is 3.87. The molecule has 1 atom stereocenters. The lowest BCUT2D eigenvalue weighted by atomic mass is 9.74. The maximum Gasteiger partial charge on any atom is 0.0333 e. The molecule has 1 aromatic rings. The molecule has 0 bridgehead atoms. The van der Waals surface area contributed by atoms with Crippen LogP contribution in [-0.2, 0) is 5.41 Å². The third-order valence-corrected chi connectivity index (χ3v) is 4.84. The Bertz CT molecular complexity index is 464. The van der Waals surface area contributed by atoms with Crippen LogP contribution in [0.15, 0.2) is 18.2 Å². The molecule has 1 aromatic carbocycles. The molecule has 3 rings (SSSR count). The molecular formula is C17H27ClN2. The molecule has 112 valence electrons. The Kier molecular flexibility index (Phi) is 4.78. The zero-order valence-corrected chi connectivity index (χ0v) is 13.6. The topological polar surface area (TPSA) is 24.1 Å². The fourth-order valence-corrected chi connectivity index (χ4v) is 3.99. The molecule has 20 heavy (non-hydrogen) atoms. The van der Waals surface area contributed by atoms with E-state index in [4.69, 9.17) is 0 Å². The third kappa shape index (κ3) is 2.74. The van der Waals surface area contributed by atoms with E-state index in [0.29, 0.717) is 17.5 Å². The van der Waals surface area contributed by atoms with E-state index in [-0.39, 0.29) is 12.4 Å². The molecule has 0 aromatic heterocycles. The van der Waals surface area contributed by atoms with Gasteiger partial charge in [0.2, 0.25) is 0 Å². The number of hydrogen-bond donors (Lipinski definition) is 2. The minimum Gasteiger partial charge on any atom is -0.317 e. The van der Waals surface area contributed by atoms with Gasteiger partial charge in [-0.3, -0.25) is 0 Å². The van der Waals surface area contributed by atoms with E-state index >= 15 is 0 Å². The summed E-state index contributed by atoms with van der Waals surface area (Å²) in [5.74, 6) is 0. The second-order valence-electron chi connectivity index (χ2n) is 6.70. The minimum absolute atomic E-state index is 0. The predicted molar refractivity (Wildman–Crippen MR) is 87.8 cm³/mol. The van der Waals surface area contributed by atoms with E-state index in [2.05, 4.69) is 49.6 Å². The number of halogens is 1. The first-order valence-electron chi connectivity index (χ1n) is 7.68. The Morgan fingerprint density at radius 3 is 2.60 bits per heavy atom. The lowest BCUT2D eigenvalue weighted by Crippen LogP contribution is -2.39. The highest BCUT2D eigenvalue weighted by atomic mass is 35.5. The molecule has 1 saturated heterocycles. The zero-order chi connectivity index (χ0) is 13.5. The van der Waals surface area contributed by atoms with Gasteiger partial charge in [-0.15, -0.1) is 12.4 Å². The van der Waals surface area contributed by atoms with Crippen molar-refractivity contribution < 1.29 is 0 Å². The van der Waals surface area contributed by atoms with Crippen LogP contribution in [0.5, 0.6) is 0 Å². The summed E-state index contributed by atoms with van der Waals surface area (Å²) in [4.78, 5) is 0. The van der Waals surface area contributed by atoms with Gasteiger partial charge < -0.3 is 10.6 Å². The molecular weight excluding hydrogens is 268 g/mol. The Morgan fingerprint density at radius 1 is 1.25 bits per heavy atom. The fraction of sp³-hybridized carbons (Fsp3) is 0.647. The van der Waals surface area contributed by atoms with Crippen molar-refractivity contribution in [2.75, 3.05) is 13.1 Å². The van der Waals surface area contributed by atoms with Gasteiger partial charge in [-0.2, -0.15) is 0 Å². The number of aryl methyl sites for hydroxylation is 1. The third-order valence-electron chi connectivity index (χ3n) is 4.84. The number of rotatable bonds is 2. The van der Waals surface area contributed by atoms with Crippen LogP contribution in [0, 0.1) is 6.92 Å². The molecule has 2 aliphatic rings. The summed E-state index contributed by atoms with van der Waals surface area (Å²) < 4.78 is 0. The lowest BCUT2D eigenvalue weighted by Gasteiger charge is -2.35.